The van der Waals surface area contributed by atoms with Gasteiger partial charge in [0, 0.05) is 17.6 Å². The molecule has 0 bridgehead atoms. The summed E-state index contributed by atoms with van der Waals surface area (Å²) in [5.41, 5.74) is 6.29. The highest BCUT2D eigenvalue weighted by molar-refractivity contribution is 7.80. The van der Waals surface area contributed by atoms with Crippen molar-refractivity contribution in [3.8, 4) is 5.82 Å². The maximum atomic E-state index is 13.4. The fourth-order valence-electron chi connectivity index (χ4n) is 3.87. The van der Waals surface area contributed by atoms with E-state index in [-0.39, 0.29) is 10.7 Å². The van der Waals surface area contributed by atoms with Crippen molar-refractivity contribution >= 4 is 40.9 Å². The Kier molecular flexibility index (Phi) is 5.52. The zero-order valence-electron chi connectivity index (χ0n) is 18.7. The number of benzene rings is 1. The number of thiocarbonyl (C=S) groups is 1. The standard InChI is InChI=1S/C25H24N4O2S/c1-14-6-8-16(3)21(10-14)29-24(31)20(23(30)27-25(29)32)12-19-11-17(4)28(18(19)5)22-9-7-15(2)13-26-22/h6-13H,1-5H3,(H,27,30,32)/b20-12+. The highest BCUT2D eigenvalue weighted by Crippen LogP contribution is 2.28. The van der Waals surface area contributed by atoms with E-state index in [2.05, 4.69) is 10.3 Å². The highest BCUT2D eigenvalue weighted by Gasteiger charge is 2.35. The van der Waals surface area contributed by atoms with Gasteiger partial charge in [0.15, 0.2) is 5.11 Å². The van der Waals surface area contributed by atoms with E-state index in [1.165, 1.54) is 4.90 Å². The number of nitrogens with one attached hydrogen (secondary N) is 1. The second kappa shape index (κ2) is 8.16. The molecule has 7 heteroatoms. The Hall–Kier alpha value is -3.58. The van der Waals surface area contributed by atoms with Crippen molar-refractivity contribution in [2.24, 2.45) is 0 Å². The molecule has 1 fully saturated rings. The lowest BCUT2D eigenvalue weighted by atomic mass is 10.0. The zero-order chi connectivity index (χ0) is 23.2. The molecule has 1 saturated heterocycles. The summed E-state index contributed by atoms with van der Waals surface area (Å²) in [5.74, 6) is -0.154. The van der Waals surface area contributed by atoms with Crippen LogP contribution in [0.15, 0.2) is 48.2 Å². The van der Waals surface area contributed by atoms with Crippen molar-refractivity contribution in [2.45, 2.75) is 34.6 Å². The van der Waals surface area contributed by atoms with Crippen LogP contribution in [0.2, 0.25) is 0 Å². The number of pyridine rings is 1. The largest absolute Gasteiger partial charge is 0.303 e. The Bertz CT molecular complexity index is 1300. The number of hydrogen-bond donors (Lipinski definition) is 1. The summed E-state index contributed by atoms with van der Waals surface area (Å²) in [6, 6.07) is 11.7. The number of amides is 2. The lowest BCUT2D eigenvalue weighted by molar-refractivity contribution is -0.122. The summed E-state index contributed by atoms with van der Waals surface area (Å²) >= 11 is 5.34. The second-order valence-electron chi connectivity index (χ2n) is 8.10. The minimum atomic E-state index is -0.500. The van der Waals surface area contributed by atoms with Gasteiger partial charge in [0.1, 0.15) is 11.4 Å². The average molecular weight is 445 g/mol. The number of rotatable bonds is 3. The van der Waals surface area contributed by atoms with Gasteiger partial charge < -0.3 is 4.57 Å². The fraction of sp³-hybridized carbons (Fsp3) is 0.200. The summed E-state index contributed by atoms with van der Waals surface area (Å²) in [5, 5.41) is 2.75. The van der Waals surface area contributed by atoms with E-state index in [1.54, 1.807) is 6.08 Å². The molecule has 32 heavy (non-hydrogen) atoms. The molecular weight excluding hydrogens is 420 g/mol. The summed E-state index contributed by atoms with van der Waals surface area (Å²) in [4.78, 5) is 32.0. The van der Waals surface area contributed by atoms with Gasteiger partial charge in [0.2, 0.25) is 0 Å². The van der Waals surface area contributed by atoms with Gasteiger partial charge in [0.05, 0.1) is 5.69 Å². The Morgan fingerprint density at radius 1 is 0.969 bits per heavy atom. The number of nitrogens with zero attached hydrogens (tertiary/aromatic N) is 3. The van der Waals surface area contributed by atoms with E-state index >= 15 is 0 Å². The Morgan fingerprint density at radius 3 is 2.38 bits per heavy atom. The van der Waals surface area contributed by atoms with E-state index in [0.717, 1.165) is 39.5 Å². The number of aromatic nitrogens is 2. The van der Waals surface area contributed by atoms with Crippen molar-refractivity contribution in [1.82, 2.24) is 14.9 Å². The molecule has 0 unspecified atom stereocenters. The molecule has 0 radical (unpaired) electrons. The first-order chi connectivity index (χ1) is 15.2. The second-order valence-corrected chi connectivity index (χ2v) is 8.49. The van der Waals surface area contributed by atoms with Crippen LogP contribution in [0, 0.1) is 34.6 Å². The molecule has 2 aromatic heterocycles. The van der Waals surface area contributed by atoms with Gasteiger partial charge in [-0.15, -0.1) is 0 Å². The van der Waals surface area contributed by atoms with Crippen molar-refractivity contribution in [3.05, 3.63) is 81.8 Å². The maximum absolute atomic E-state index is 13.4. The van der Waals surface area contributed by atoms with Crippen LogP contribution in [0.5, 0.6) is 0 Å². The quantitative estimate of drug-likeness (QED) is 0.373. The van der Waals surface area contributed by atoms with Crippen LogP contribution in [0.4, 0.5) is 5.69 Å². The Labute approximate surface area is 192 Å². The topological polar surface area (TPSA) is 67.2 Å². The Balaban J connectivity index is 1.78. The van der Waals surface area contributed by atoms with Crippen LogP contribution in [0.1, 0.15) is 33.6 Å². The monoisotopic (exact) mass is 444 g/mol. The molecule has 0 spiro atoms. The van der Waals surface area contributed by atoms with Gasteiger partial charge >= 0.3 is 0 Å². The molecule has 0 aliphatic carbocycles. The van der Waals surface area contributed by atoms with Gasteiger partial charge in [-0.05, 0) is 93.4 Å². The van der Waals surface area contributed by atoms with E-state index in [4.69, 9.17) is 12.2 Å². The third kappa shape index (κ3) is 3.76. The average Bonchev–Trinajstić information content (AvgIpc) is 3.01. The molecule has 0 saturated carbocycles. The number of hydrogen-bond acceptors (Lipinski definition) is 4. The first kappa shape index (κ1) is 21.6. The maximum Gasteiger partial charge on any atom is 0.270 e. The molecule has 2 amide bonds. The first-order valence-electron chi connectivity index (χ1n) is 10.3. The smallest absolute Gasteiger partial charge is 0.270 e. The third-order valence-electron chi connectivity index (χ3n) is 5.60. The Morgan fingerprint density at radius 2 is 1.69 bits per heavy atom. The third-order valence-corrected chi connectivity index (χ3v) is 5.89. The minimum Gasteiger partial charge on any atom is -0.303 e. The van der Waals surface area contributed by atoms with Crippen molar-refractivity contribution in [1.29, 1.82) is 0 Å². The molecule has 1 N–H and O–H groups in total. The van der Waals surface area contributed by atoms with E-state index in [1.807, 2.05) is 81.8 Å². The molecule has 0 atom stereocenters. The molecular formula is C25H24N4O2S. The molecule has 3 heterocycles. The lowest BCUT2D eigenvalue weighted by Crippen LogP contribution is -2.54. The first-order valence-corrected chi connectivity index (χ1v) is 10.7. The molecule has 3 aromatic rings. The minimum absolute atomic E-state index is 0.0385. The SMILES string of the molecule is Cc1ccc(-n2c(C)cc(/C=C3\C(=O)NC(=S)N(c4cc(C)ccc4C)C3=O)c2C)nc1. The molecule has 1 aliphatic rings. The molecule has 162 valence electrons. The van der Waals surface area contributed by atoms with E-state index < -0.39 is 11.8 Å². The van der Waals surface area contributed by atoms with Crippen LogP contribution < -0.4 is 10.2 Å². The number of carbonyl (C=O) groups excluding carboxylic acids is 2. The molecule has 1 aliphatic heterocycles. The fourth-order valence-corrected chi connectivity index (χ4v) is 4.14. The van der Waals surface area contributed by atoms with Crippen molar-refractivity contribution in [2.75, 3.05) is 4.90 Å². The van der Waals surface area contributed by atoms with Gasteiger partial charge in [-0.2, -0.15) is 0 Å². The summed E-state index contributed by atoms with van der Waals surface area (Å²) in [6.45, 7) is 9.76. The van der Waals surface area contributed by atoms with E-state index in [0.29, 0.717) is 5.69 Å². The van der Waals surface area contributed by atoms with E-state index in [9.17, 15) is 9.59 Å². The molecule has 1 aromatic carbocycles. The van der Waals surface area contributed by atoms with Gasteiger partial charge in [-0.3, -0.25) is 19.8 Å². The van der Waals surface area contributed by atoms with Crippen molar-refractivity contribution in [3.63, 3.8) is 0 Å². The number of aryl methyl sites for hydroxylation is 4. The van der Waals surface area contributed by atoms with Gasteiger partial charge in [-0.25, -0.2) is 4.98 Å². The number of carbonyl (C=O) groups is 2. The summed E-state index contributed by atoms with van der Waals surface area (Å²) in [6.07, 6.45) is 3.44. The summed E-state index contributed by atoms with van der Waals surface area (Å²) in [7, 11) is 0. The van der Waals surface area contributed by atoms with Crippen LogP contribution in [-0.2, 0) is 9.59 Å². The molecule has 4 rings (SSSR count). The van der Waals surface area contributed by atoms with Crippen LogP contribution in [0.3, 0.4) is 0 Å². The van der Waals surface area contributed by atoms with Crippen molar-refractivity contribution < 1.29 is 9.59 Å². The lowest BCUT2D eigenvalue weighted by Gasteiger charge is -2.30. The van der Waals surface area contributed by atoms with Gasteiger partial charge in [0.25, 0.3) is 11.8 Å². The van der Waals surface area contributed by atoms with Crippen LogP contribution >= 0.6 is 12.2 Å². The molecule has 6 nitrogen and oxygen atoms in total. The van der Waals surface area contributed by atoms with Crippen LogP contribution in [-0.4, -0.2) is 26.5 Å². The van der Waals surface area contributed by atoms with Crippen LogP contribution in [0.25, 0.3) is 11.9 Å². The predicted molar refractivity (Wildman–Crippen MR) is 130 cm³/mol. The summed E-state index contributed by atoms with van der Waals surface area (Å²) < 4.78 is 2.00. The highest BCUT2D eigenvalue weighted by atomic mass is 32.1. The normalized spacial score (nSPS) is 15.5. The van der Waals surface area contributed by atoms with Gasteiger partial charge in [-0.1, -0.05) is 18.2 Å². The predicted octanol–water partition coefficient (Wildman–Crippen LogP) is 4.25. The zero-order valence-corrected chi connectivity index (χ0v) is 19.5. The number of anilines is 1.